The highest BCUT2D eigenvalue weighted by Gasteiger charge is 2.16. The van der Waals surface area contributed by atoms with E-state index in [4.69, 9.17) is 10.5 Å². The fourth-order valence-corrected chi connectivity index (χ4v) is 4.65. The Labute approximate surface area is 223 Å². The molecule has 13 heteroatoms. The highest BCUT2D eigenvalue weighted by molar-refractivity contribution is 7.90. The van der Waals surface area contributed by atoms with Crippen molar-refractivity contribution in [2.24, 2.45) is 17.2 Å². The smallest absolute Gasteiger partial charge is 0.284 e. The number of anilines is 1. The molecule has 2 aromatic carbocycles. The Kier molecular flexibility index (Phi) is 7.63. The fourth-order valence-electron chi connectivity index (χ4n) is 3.65. The molecule has 0 aliphatic carbocycles. The highest BCUT2D eigenvalue weighted by Crippen LogP contribution is 2.26. The minimum atomic E-state index is -4.08. The number of sulfonamides is 1. The number of hydrogen-bond donors (Lipinski definition) is 2. The molecule has 0 aliphatic heterocycles. The number of amides is 2. The van der Waals surface area contributed by atoms with Gasteiger partial charge in [-0.25, -0.2) is 4.39 Å². The minimum absolute atomic E-state index is 0.0128. The van der Waals surface area contributed by atoms with E-state index in [-0.39, 0.29) is 39.8 Å². The summed E-state index contributed by atoms with van der Waals surface area (Å²) in [6.45, 7) is 3.17. The number of carbonyl (C=O) groups is 2. The lowest BCUT2D eigenvalue weighted by Gasteiger charge is -2.12. The van der Waals surface area contributed by atoms with E-state index in [1.54, 1.807) is 32.2 Å². The van der Waals surface area contributed by atoms with E-state index in [1.807, 2.05) is 6.92 Å². The number of rotatable bonds is 8. The number of ether oxygens (including phenoxy) is 1. The third-order valence-corrected chi connectivity index (χ3v) is 6.78. The molecular weight excluding hydrogens is 527 g/mol. The maximum atomic E-state index is 14.5. The summed E-state index contributed by atoms with van der Waals surface area (Å²) in [7, 11) is -2.49. The Balaban J connectivity index is 1.63. The van der Waals surface area contributed by atoms with E-state index in [9.17, 15) is 22.4 Å². The van der Waals surface area contributed by atoms with Crippen LogP contribution in [0.2, 0.25) is 0 Å². The van der Waals surface area contributed by atoms with E-state index < -0.39 is 27.7 Å². The second kappa shape index (κ2) is 10.9. The van der Waals surface area contributed by atoms with Gasteiger partial charge in [-0.3, -0.25) is 14.3 Å². The molecule has 2 aromatic heterocycles. The third kappa shape index (κ3) is 6.57. The standard InChI is InChI=1S/C26H25FN6O5S/c1-16-4-8-20(9-5-16)39(36,37)31-25-11-7-19(14-33(25)15-24(28)34)38-18-6-10-21(27)22(13-18)29-26(35)23-12-17(2)30-32(23)3/h4-14H,15H2,1-3H3,(H2,28,34)(H,29,35). The molecule has 0 fully saturated rings. The SMILES string of the molecule is Cc1ccc(S(=O)(=O)N=c2ccc(Oc3ccc(F)c(NC(=O)c4cc(C)nn4C)c3)cn2CC(N)=O)cc1. The average Bonchev–Trinajstić information content (AvgIpc) is 3.20. The molecule has 0 atom stereocenters. The average molecular weight is 553 g/mol. The fraction of sp³-hybridized carbons (Fsp3) is 0.154. The molecule has 2 amide bonds. The van der Waals surface area contributed by atoms with Gasteiger partial charge < -0.3 is 20.4 Å². The summed E-state index contributed by atoms with van der Waals surface area (Å²) in [6.07, 6.45) is 1.34. The van der Waals surface area contributed by atoms with Crippen LogP contribution in [-0.2, 0) is 28.4 Å². The van der Waals surface area contributed by atoms with Crippen molar-refractivity contribution in [3.63, 3.8) is 0 Å². The topological polar surface area (TPSA) is 151 Å². The van der Waals surface area contributed by atoms with Gasteiger partial charge in [0.1, 0.15) is 35.0 Å². The molecule has 0 saturated heterocycles. The lowest BCUT2D eigenvalue weighted by Crippen LogP contribution is -2.28. The van der Waals surface area contributed by atoms with Crippen molar-refractivity contribution in [1.82, 2.24) is 14.3 Å². The number of halogens is 1. The van der Waals surface area contributed by atoms with Crippen molar-refractivity contribution in [3.05, 3.63) is 95.1 Å². The zero-order valence-electron chi connectivity index (χ0n) is 21.3. The van der Waals surface area contributed by atoms with Gasteiger partial charge >= 0.3 is 0 Å². The number of pyridine rings is 1. The lowest BCUT2D eigenvalue weighted by atomic mass is 10.2. The summed E-state index contributed by atoms with van der Waals surface area (Å²) in [5.41, 5.74) is 6.92. The Morgan fingerprint density at radius 2 is 1.74 bits per heavy atom. The van der Waals surface area contributed by atoms with Gasteiger partial charge in [0, 0.05) is 19.3 Å². The molecule has 202 valence electrons. The number of hydrogen-bond acceptors (Lipinski definition) is 6. The van der Waals surface area contributed by atoms with Crippen molar-refractivity contribution in [3.8, 4) is 11.5 Å². The summed E-state index contributed by atoms with van der Waals surface area (Å²) < 4.78 is 52.3. The number of primary amides is 1. The predicted molar refractivity (Wildman–Crippen MR) is 140 cm³/mol. The van der Waals surface area contributed by atoms with Crippen molar-refractivity contribution in [2.45, 2.75) is 25.3 Å². The number of carbonyl (C=O) groups excluding carboxylic acids is 2. The Morgan fingerprint density at radius 3 is 2.38 bits per heavy atom. The van der Waals surface area contributed by atoms with Gasteiger partial charge in [0.15, 0.2) is 0 Å². The molecule has 4 rings (SSSR count). The molecule has 0 radical (unpaired) electrons. The maximum absolute atomic E-state index is 14.5. The summed E-state index contributed by atoms with van der Waals surface area (Å²) in [5.74, 6) is -1.65. The molecule has 39 heavy (non-hydrogen) atoms. The lowest BCUT2D eigenvalue weighted by molar-refractivity contribution is -0.118. The van der Waals surface area contributed by atoms with Crippen LogP contribution in [0.3, 0.4) is 0 Å². The monoisotopic (exact) mass is 552 g/mol. The van der Waals surface area contributed by atoms with Gasteiger partial charge in [-0.1, -0.05) is 17.7 Å². The zero-order valence-corrected chi connectivity index (χ0v) is 22.1. The number of nitrogens with two attached hydrogens (primary N) is 1. The molecular formula is C26H25FN6O5S. The van der Waals surface area contributed by atoms with E-state index in [0.717, 1.165) is 11.6 Å². The summed E-state index contributed by atoms with van der Waals surface area (Å²) >= 11 is 0. The number of nitrogens with one attached hydrogen (secondary N) is 1. The number of nitrogens with zero attached hydrogens (tertiary/aromatic N) is 4. The number of aromatic nitrogens is 3. The third-order valence-electron chi connectivity index (χ3n) is 5.49. The van der Waals surface area contributed by atoms with Gasteiger partial charge in [-0.05, 0) is 56.3 Å². The van der Waals surface area contributed by atoms with Crippen LogP contribution in [-0.4, -0.2) is 34.6 Å². The molecule has 4 aromatic rings. The summed E-state index contributed by atoms with van der Waals surface area (Å²) in [4.78, 5) is 24.3. The van der Waals surface area contributed by atoms with Crippen molar-refractivity contribution < 1.29 is 27.1 Å². The quantitative estimate of drug-likeness (QED) is 0.343. The molecule has 0 bridgehead atoms. The second-order valence-corrected chi connectivity index (χ2v) is 10.3. The maximum Gasteiger partial charge on any atom is 0.284 e. The van der Waals surface area contributed by atoms with E-state index in [0.29, 0.717) is 5.69 Å². The van der Waals surface area contributed by atoms with Crippen molar-refractivity contribution in [1.29, 1.82) is 0 Å². The van der Waals surface area contributed by atoms with Crippen LogP contribution >= 0.6 is 0 Å². The van der Waals surface area contributed by atoms with E-state index >= 15 is 0 Å². The molecule has 2 heterocycles. The van der Waals surface area contributed by atoms with Crippen LogP contribution in [0.5, 0.6) is 11.5 Å². The van der Waals surface area contributed by atoms with Crippen LogP contribution in [0, 0.1) is 19.7 Å². The van der Waals surface area contributed by atoms with E-state index in [1.165, 1.54) is 51.8 Å². The highest BCUT2D eigenvalue weighted by atomic mass is 32.2. The van der Waals surface area contributed by atoms with Crippen molar-refractivity contribution in [2.75, 3.05) is 5.32 Å². The van der Waals surface area contributed by atoms with Gasteiger partial charge in [0.2, 0.25) is 5.91 Å². The summed E-state index contributed by atoms with van der Waals surface area (Å²) in [5, 5.41) is 6.60. The first kappa shape index (κ1) is 27.3. The number of benzene rings is 2. The normalized spacial score (nSPS) is 11.8. The second-order valence-electron chi connectivity index (χ2n) is 8.69. The Hall–Kier alpha value is -4.78. The van der Waals surface area contributed by atoms with Crippen LogP contribution in [0.25, 0.3) is 0 Å². The Morgan fingerprint density at radius 1 is 1.05 bits per heavy atom. The van der Waals surface area contributed by atoms with E-state index in [2.05, 4.69) is 14.8 Å². The molecule has 11 nitrogen and oxygen atoms in total. The van der Waals surface area contributed by atoms with Crippen LogP contribution < -0.4 is 21.3 Å². The molecule has 0 saturated carbocycles. The first-order valence-corrected chi connectivity index (χ1v) is 13.0. The Bertz CT molecular complexity index is 1740. The van der Waals surface area contributed by atoms with Gasteiger partial charge in [-0.2, -0.15) is 13.5 Å². The van der Waals surface area contributed by atoms with Gasteiger partial charge in [-0.15, -0.1) is 4.40 Å². The minimum Gasteiger partial charge on any atom is -0.456 e. The number of aryl methyl sites for hydroxylation is 3. The van der Waals surface area contributed by atoms with Gasteiger partial charge in [0.25, 0.3) is 15.9 Å². The molecule has 0 spiro atoms. The van der Waals surface area contributed by atoms with Crippen LogP contribution in [0.4, 0.5) is 10.1 Å². The first-order valence-electron chi connectivity index (χ1n) is 11.6. The molecule has 0 unspecified atom stereocenters. The van der Waals surface area contributed by atoms with Crippen molar-refractivity contribution >= 4 is 27.5 Å². The first-order chi connectivity index (χ1) is 18.4. The summed E-state index contributed by atoms with van der Waals surface area (Å²) in [6, 6.07) is 14.3. The molecule has 0 aliphatic rings. The van der Waals surface area contributed by atoms with Gasteiger partial charge in [0.05, 0.1) is 16.3 Å². The predicted octanol–water partition coefficient (Wildman–Crippen LogP) is 2.80. The zero-order chi connectivity index (χ0) is 28.3. The largest absolute Gasteiger partial charge is 0.456 e. The van der Waals surface area contributed by atoms with Crippen LogP contribution in [0.15, 0.2) is 76.2 Å². The van der Waals surface area contributed by atoms with Crippen LogP contribution in [0.1, 0.15) is 21.7 Å². The molecule has 3 N–H and O–H groups in total.